The Balaban J connectivity index is 1.45. The summed E-state index contributed by atoms with van der Waals surface area (Å²) in [4.78, 5) is 19.8. The second kappa shape index (κ2) is 7.54. The van der Waals surface area contributed by atoms with Crippen molar-refractivity contribution < 1.29 is 9.90 Å². The number of anilines is 1. The normalized spacial score (nSPS) is 12.0. The van der Waals surface area contributed by atoms with Crippen LogP contribution >= 0.6 is 0 Å². The van der Waals surface area contributed by atoms with Crippen molar-refractivity contribution in [1.29, 1.82) is 0 Å². The summed E-state index contributed by atoms with van der Waals surface area (Å²) in [6, 6.07) is 17.6. The highest BCUT2D eigenvalue weighted by Gasteiger charge is 2.15. The lowest BCUT2D eigenvalue weighted by Gasteiger charge is -2.13. The molecule has 0 aliphatic carbocycles. The molecule has 28 heavy (non-hydrogen) atoms. The topological polar surface area (TPSA) is 104 Å². The molecule has 2 heterocycles. The van der Waals surface area contributed by atoms with Gasteiger partial charge in [-0.1, -0.05) is 24.3 Å². The molecule has 2 aromatic carbocycles. The van der Waals surface area contributed by atoms with Crippen LogP contribution in [0.25, 0.3) is 22.2 Å². The largest absolute Gasteiger partial charge is 0.508 e. The van der Waals surface area contributed by atoms with Crippen LogP contribution in [0.4, 0.5) is 5.69 Å². The molecule has 0 bridgehead atoms. The fourth-order valence-corrected chi connectivity index (χ4v) is 3.21. The number of nitrogens with one attached hydrogen (secondary N) is 2. The maximum absolute atomic E-state index is 12.4. The molecule has 0 spiro atoms. The quantitative estimate of drug-likeness (QED) is 0.431. The molecular formula is C22H20N4O2. The first-order valence-electron chi connectivity index (χ1n) is 8.97. The minimum atomic E-state index is -0.707. The van der Waals surface area contributed by atoms with Crippen molar-refractivity contribution in [3.63, 3.8) is 0 Å². The standard InChI is InChI=1S/C22H20N4O2/c23-20(13-14-2-1-3-17(27)12-14)22(28)26-16-6-4-15(5-7-16)18-8-10-24-21-19(18)9-11-25-21/h1-12,20,27H,13,23H2,(H,24,25)(H,26,28)/t20-/m0/s1. The SMILES string of the molecule is N[C@@H](Cc1cccc(O)c1)C(=O)Nc1ccc(-c2ccnc3[nH]ccc23)cc1. The van der Waals surface area contributed by atoms with Crippen LogP contribution in [-0.4, -0.2) is 27.0 Å². The third-order valence-electron chi connectivity index (χ3n) is 4.63. The van der Waals surface area contributed by atoms with Crippen molar-refractivity contribution in [1.82, 2.24) is 9.97 Å². The Morgan fingerprint density at radius 3 is 2.75 bits per heavy atom. The Morgan fingerprint density at radius 2 is 1.96 bits per heavy atom. The maximum atomic E-state index is 12.4. The maximum Gasteiger partial charge on any atom is 0.241 e. The van der Waals surface area contributed by atoms with Gasteiger partial charge in [0, 0.05) is 23.5 Å². The van der Waals surface area contributed by atoms with E-state index in [1.807, 2.05) is 48.7 Å². The second-order valence-corrected chi connectivity index (χ2v) is 6.65. The third kappa shape index (κ3) is 3.72. The Labute approximate surface area is 162 Å². The molecule has 0 unspecified atom stereocenters. The van der Waals surface area contributed by atoms with Crippen molar-refractivity contribution >= 4 is 22.6 Å². The lowest BCUT2D eigenvalue weighted by Crippen LogP contribution is -2.37. The van der Waals surface area contributed by atoms with Crippen LogP contribution in [0.1, 0.15) is 5.56 Å². The predicted molar refractivity (Wildman–Crippen MR) is 110 cm³/mol. The van der Waals surface area contributed by atoms with E-state index >= 15 is 0 Å². The van der Waals surface area contributed by atoms with Gasteiger partial charge in [-0.05, 0) is 59.5 Å². The van der Waals surface area contributed by atoms with E-state index < -0.39 is 6.04 Å². The van der Waals surface area contributed by atoms with Crippen molar-refractivity contribution in [2.45, 2.75) is 12.5 Å². The van der Waals surface area contributed by atoms with Crippen molar-refractivity contribution in [2.75, 3.05) is 5.32 Å². The summed E-state index contributed by atoms with van der Waals surface area (Å²) in [7, 11) is 0. The Hall–Kier alpha value is -3.64. The van der Waals surface area contributed by atoms with Gasteiger partial charge in [0.15, 0.2) is 0 Å². The molecule has 1 amide bonds. The first-order valence-corrected chi connectivity index (χ1v) is 8.97. The van der Waals surface area contributed by atoms with Crippen LogP contribution in [0.15, 0.2) is 73.1 Å². The second-order valence-electron chi connectivity index (χ2n) is 6.65. The Bertz CT molecular complexity index is 1120. The first-order chi connectivity index (χ1) is 13.6. The van der Waals surface area contributed by atoms with E-state index in [0.29, 0.717) is 12.1 Å². The molecule has 4 aromatic rings. The molecular weight excluding hydrogens is 352 g/mol. The number of hydrogen-bond acceptors (Lipinski definition) is 4. The highest BCUT2D eigenvalue weighted by atomic mass is 16.3. The van der Waals surface area contributed by atoms with E-state index in [-0.39, 0.29) is 11.7 Å². The van der Waals surface area contributed by atoms with Gasteiger partial charge < -0.3 is 21.1 Å². The number of nitrogens with zero attached hydrogens (tertiary/aromatic N) is 1. The lowest BCUT2D eigenvalue weighted by atomic mass is 10.0. The van der Waals surface area contributed by atoms with Gasteiger partial charge in [0.1, 0.15) is 11.4 Å². The Kier molecular flexibility index (Phi) is 4.78. The molecule has 0 radical (unpaired) electrons. The van der Waals surface area contributed by atoms with Crippen LogP contribution in [0.3, 0.4) is 0 Å². The molecule has 4 rings (SSSR count). The zero-order valence-corrected chi connectivity index (χ0v) is 15.1. The molecule has 0 aliphatic rings. The summed E-state index contributed by atoms with van der Waals surface area (Å²) >= 11 is 0. The van der Waals surface area contributed by atoms with Gasteiger partial charge in [0.25, 0.3) is 0 Å². The zero-order valence-electron chi connectivity index (χ0n) is 15.1. The van der Waals surface area contributed by atoms with Gasteiger partial charge in [-0.15, -0.1) is 0 Å². The summed E-state index contributed by atoms with van der Waals surface area (Å²) in [6.45, 7) is 0. The molecule has 0 fully saturated rings. The molecule has 5 N–H and O–H groups in total. The van der Waals surface area contributed by atoms with Gasteiger partial charge >= 0.3 is 0 Å². The number of aromatic hydroxyl groups is 1. The smallest absolute Gasteiger partial charge is 0.241 e. The number of pyridine rings is 1. The van der Waals surface area contributed by atoms with Crippen LogP contribution in [0.5, 0.6) is 5.75 Å². The monoisotopic (exact) mass is 372 g/mol. The summed E-state index contributed by atoms with van der Waals surface area (Å²) in [5, 5.41) is 13.4. The summed E-state index contributed by atoms with van der Waals surface area (Å²) < 4.78 is 0. The molecule has 2 aromatic heterocycles. The number of carbonyl (C=O) groups is 1. The van der Waals surface area contributed by atoms with E-state index in [9.17, 15) is 9.90 Å². The van der Waals surface area contributed by atoms with Crippen LogP contribution < -0.4 is 11.1 Å². The molecule has 1 atom stereocenters. The minimum Gasteiger partial charge on any atom is -0.508 e. The molecule has 0 saturated heterocycles. The van der Waals surface area contributed by atoms with E-state index in [1.165, 1.54) is 0 Å². The van der Waals surface area contributed by atoms with Gasteiger partial charge in [-0.25, -0.2) is 4.98 Å². The number of aromatic nitrogens is 2. The van der Waals surface area contributed by atoms with Crippen molar-refractivity contribution in [3.8, 4) is 16.9 Å². The minimum absolute atomic E-state index is 0.160. The number of fused-ring (bicyclic) bond motifs is 1. The molecule has 140 valence electrons. The van der Waals surface area contributed by atoms with Gasteiger partial charge in [0.2, 0.25) is 5.91 Å². The van der Waals surface area contributed by atoms with E-state index in [0.717, 1.165) is 27.7 Å². The Morgan fingerprint density at radius 1 is 1.14 bits per heavy atom. The summed E-state index contributed by atoms with van der Waals surface area (Å²) in [5.74, 6) is -0.110. The van der Waals surface area contributed by atoms with Crippen molar-refractivity contribution in [3.05, 3.63) is 78.6 Å². The van der Waals surface area contributed by atoms with Gasteiger partial charge in [0.05, 0.1) is 6.04 Å². The lowest BCUT2D eigenvalue weighted by molar-refractivity contribution is -0.117. The average molecular weight is 372 g/mol. The van der Waals surface area contributed by atoms with E-state index in [1.54, 1.807) is 24.4 Å². The van der Waals surface area contributed by atoms with Crippen LogP contribution in [0, 0.1) is 0 Å². The molecule has 6 nitrogen and oxygen atoms in total. The van der Waals surface area contributed by atoms with E-state index in [2.05, 4.69) is 15.3 Å². The van der Waals surface area contributed by atoms with Gasteiger partial charge in [-0.3, -0.25) is 4.79 Å². The van der Waals surface area contributed by atoms with Crippen LogP contribution in [0.2, 0.25) is 0 Å². The van der Waals surface area contributed by atoms with Crippen molar-refractivity contribution in [2.24, 2.45) is 5.73 Å². The third-order valence-corrected chi connectivity index (χ3v) is 4.63. The van der Waals surface area contributed by atoms with Gasteiger partial charge in [-0.2, -0.15) is 0 Å². The van der Waals surface area contributed by atoms with Crippen LogP contribution in [-0.2, 0) is 11.2 Å². The number of H-pyrrole nitrogens is 1. The highest BCUT2D eigenvalue weighted by molar-refractivity contribution is 5.96. The number of amides is 1. The highest BCUT2D eigenvalue weighted by Crippen LogP contribution is 2.27. The number of carbonyl (C=O) groups excluding carboxylic acids is 1. The number of aromatic amines is 1. The molecule has 0 saturated carbocycles. The number of rotatable bonds is 5. The van der Waals surface area contributed by atoms with E-state index in [4.69, 9.17) is 5.73 Å². The number of hydrogen-bond donors (Lipinski definition) is 4. The average Bonchev–Trinajstić information content (AvgIpc) is 3.17. The summed E-state index contributed by atoms with van der Waals surface area (Å²) in [5.41, 5.74) is 10.5. The fraction of sp³-hybridized carbons (Fsp3) is 0.0909. The number of phenolic OH excluding ortho intramolecular Hbond substituents is 1. The number of nitrogens with two attached hydrogens (primary N) is 1. The fourth-order valence-electron chi connectivity index (χ4n) is 3.21. The molecule has 0 aliphatic heterocycles. The predicted octanol–water partition coefficient (Wildman–Crippen LogP) is 3.44. The number of benzene rings is 2. The molecule has 6 heteroatoms. The summed E-state index contributed by atoms with van der Waals surface area (Å²) in [6.07, 6.45) is 3.98. The zero-order chi connectivity index (χ0) is 19.5. The first kappa shape index (κ1) is 17.8. The number of phenols is 1.